The normalized spacial score (nSPS) is 10.5. The fourth-order valence-corrected chi connectivity index (χ4v) is 2.93. The third-order valence-corrected chi connectivity index (χ3v) is 4.17. The van der Waals surface area contributed by atoms with E-state index in [1.165, 1.54) is 23.3 Å². The van der Waals surface area contributed by atoms with Crippen LogP contribution in [0.4, 0.5) is 0 Å². The molecule has 1 amide bonds. The highest BCUT2D eigenvalue weighted by molar-refractivity contribution is 7.13. The van der Waals surface area contributed by atoms with Crippen LogP contribution in [0, 0.1) is 0 Å². The summed E-state index contributed by atoms with van der Waals surface area (Å²) in [4.78, 5) is 17.2. The molecule has 0 saturated carbocycles. The molecule has 112 valence electrons. The summed E-state index contributed by atoms with van der Waals surface area (Å²) in [5.74, 6) is 0.348. The van der Waals surface area contributed by atoms with Gasteiger partial charge in [-0.05, 0) is 29.9 Å². The summed E-state index contributed by atoms with van der Waals surface area (Å²) in [6.45, 7) is 0.616. The van der Waals surface area contributed by atoms with E-state index in [9.17, 15) is 4.79 Å². The third-order valence-electron chi connectivity index (χ3n) is 3.30. The van der Waals surface area contributed by atoms with Crippen molar-refractivity contribution < 1.29 is 9.21 Å². The van der Waals surface area contributed by atoms with Crippen molar-refractivity contribution in [3.05, 3.63) is 65.5 Å². The molecule has 0 aliphatic rings. The second-order valence-electron chi connectivity index (χ2n) is 4.85. The van der Waals surface area contributed by atoms with E-state index in [4.69, 9.17) is 4.42 Å². The summed E-state index contributed by atoms with van der Waals surface area (Å²) >= 11 is 1.52. The number of nitrogens with one attached hydrogen (secondary N) is 1. The van der Waals surface area contributed by atoms with Crippen LogP contribution in [0.2, 0.25) is 0 Å². The van der Waals surface area contributed by atoms with E-state index in [1.54, 1.807) is 0 Å². The molecule has 0 spiro atoms. The molecule has 0 unspecified atom stereocenters. The van der Waals surface area contributed by atoms with Crippen LogP contribution in [0.15, 0.2) is 58.7 Å². The SMILES string of the molecule is O=C(NCCCc1ccccc1)c1ncoc1-c1cccs1. The first-order chi connectivity index (χ1) is 10.8. The van der Waals surface area contributed by atoms with Crippen molar-refractivity contribution in [2.45, 2.75) is 12.8 Å². The van der Waals surface area contributed by atoms with Crippen molar-refractivity contribution in [1.29, 1.82) is 0 Å². The average Bonchev–Trinajstić information content (AvgIpc) is 3.22. The number of aryl methyl sites for hydroxylation is 1. The Morgan fingerprint density at radius 2 is 2.05 bits per heavy atom. The molecule has 2 aromatic heterocycles. The van der Waals surface area contributed by atoms with E-state index >= 15 is 0 Å². The Hall–Kier alpha value is -2.40. The molecule has 5 heteroatoms. The van der Waals surface area contributed by atoms with E-state index < -0.39 is 0 Å². The maximum absolute atomic E-state index is 12.2. The highest BCUT2D eigenvalue weighted by atomic mass is 32.1. The number of hydrogen-bond donors (Lipinski definition) is 1. The topological polar surface area (TPSA) is 55.1 Å². The Morgan fingerprint density at radius 1 is 1.18 bits per heavy atom. The van der Waals surface area contributed by atoms with E-state index in [0.29, 0.717) is 18.0 Å². The smallest absolute Gasteiger partial charge is 0.273 e. The third kappa shape index (κ3) is 3.43. The van der Waals surface area contributed by atoms with E-state index in [0.717, 1.165) is 17.7 Å². The van der Waals surface area contributed by atoms with Gasteiger partial charge in [-0.3, -0.25) is 4.79 Å². The molecule has 0 atom stereocenters. The van der Waals surface area contributed by atoms with Crippen molar-refractivity contribution in [2.75, 3.05) is 6.54 Å². The second kappa shape index (κ2) is 7.04. The molecule has 22 heavy (non-hydrogen) atoms. The lowest BCUT2D eigenvalue weighted by atomic mass is 10.1. The van der Waals surface area contributed by atoms with E-state index in [2.05, 4.69) is 22.4 Å². The van der Waals surface area contributed by atoms with Gasteiger partial charge in [0.1, 0.15) is 0 Å². The summed E-state index contributed by atoms with van der Waals surface area (Å²) in [6, 6.07) is 14.1. The van der Waals surface area contributed by atoms with Gasteiger partial charge in [0.15, 0.2) is 17.8 Å². The minimum Gasteiger partial charge on any atom is -0.442 e. The minimum atomic E-state index is -0.190. The van der Waals surface area contributed by atoms with Crippen molar-refractivity contribution >= 4 is 17.2 Å². The van der Waals surface area contributed by atoms with Crippen LogP contribution < -0.4 is 5.32 Å². The largest absolute Gasteiger partial charge is 0.442 e. The molecule has 1 aromatic carbocycles. The van der Waals surface area contributed by atoms with Crippen LogP contribution in [0.5, 0.6) is 0 Å². The predicted molar refractivity (Wildman–Crippen MR) is 86.9 cm³/mol. The Balaban J connectivity index is 1.54. The van der Waals surface area contributed by atoms with Gasteiger partial charge in [0.25, 0.3) is 5.91 Å². The molecule has 1 N–H and O–H groups in total. The molecule has 0 saturated heterocycles. The number of oxazole rings is 1. The number of hydrogen-bond acceptors (Lipinski definition) is 4. The zero-order chi connectivity index (χ0) is 15.2. The lowest BCUT2D eigenvalue weighted by Gasteiger charge is -2.04. The van der Waals surface area contributed by atoms with Gasteiger partial charge in [0.05, 0.1) is 4.88 Å². The van der Waals surface area contributed by atoms with Crippen LogP contribution in [0.3, 0.4) is 0 Å². The Kier molecular flexibility index (Phi) is 4.65. The number of nitrogens with zero attached hydrogens (tertiary/aromatic N) is 1. The molecule has 3 rings (SSSR count). The summed E-state index contributed by atoms with van der Waals surface area (Å²) in [5, 5.41) is 4.84. The minimum absolute atomic E-state index is 0.190. The van der Waals surface area contributed by atoms with Gasteiger partial charge in [0.2, 0.25) is 0 Å². The monoisotopic (exact) mass is 312 g/mol. The second-order valence-corrected chi connectivity index (χ2v) is 5.80. The molecular weight excluding hydrogens is 296 g/mol. The summed E-state index contributed by atoms with van der Waals surface area (Å²) in [7, 11) is 0. The fraction of sp³-hybridized carbons (Fsp3) is 0.176. The molecule has 4 nitrogen and oxygen atoms in total. The Morgan fingerprint density at radius 3 is 2.82 bits per heavy atom. The summed E-state index contributed by atoms with van der Waals surface area (Å²) in [5.41, 5.74) is 1.62. The molecule has 0 bridgehead atoms. The zero-order valence-electron chi connectivity index (χ0n) is 12.0. The summed E-state index contributed by atoms with van der Waals surface area (Å²) < 4.78 is 5.34. The van der Waals surface area contributed by atoms with E-state index in [-0.39, 0.29) is 5.91 Å². The molecule has 0 fully saturated rings. The van der Waals surface area contributed by atoms with Crippen molar-refractivity contribution in [2.24, 2.45) is 0 Å². The van der Waals surface area contributed by atoms with Gasteiger partial charge < -0.3 is 9.73 Å². The maximum atomic E-state index is 12.2. The maximum Gasteiger partial charge on any atom is 0.273 e. The highest BCUT2D eigenvalue weighted by Gasteiger charge is 2.18. The number of thiophene rings is 1. The lowest BCUT2D eigenvalue weighted by molar-refractivity contribution is 0.0949. The zero-order valence-corrected chi connectivity index (χ0v) is 12.8. The van der Waals surface area contributed by atoms with Crippen molar-refractivity contribution in [3.8, 4) is 10.6 Å². The summed E-state index contributed by atoms with van der Waals surface area (Å²) in [6.07, 6.45) is 3.15. The standard InChI is InChI=1S/C17H16N2O2S/c20-17(18-10-4-8-13-6-2-1-3-7-13)15-16(21-12-19-15)14-9-5-11-22-14/h1-3,5-7,9,11-12H,4,8,10H2,(H,18,20). The molecule has 2 heterocycles. The first-order valence-electron chi connectivity index (χ1n) is 7.14. The van der Waals surface area contributed by atoms with Gasteiger partial charge in [0, 0.05) is 6.54 Å². The van der Waals surface area contributed by atoms with Gasteiger partial charge in [-0.25, -0.2) is 4.98 Å². The fourth-order valence-electron chi connectivity index (χ4n) is 2.21. The van der Waals surface area contributed by atoms with Gasteiger partial charge in [-0.2, -0.15) is 0 Å². The van der Waals surface area contributed by atoms with Gasteiger partial charge >= 0.3 is 0 Å². The average molecular weight is 312 g/mol. The number of amides is 1. The van der Waals surface area contributed by atoms with Crippen molar-refractivity contribution in [1.82, 2.24) is 10.3 Å². The first kappa shape index (κ1) is 14.5. The van der Waals surface area contributed by atoms with Crippen LogP contribution >= 0.6 is 11.3 Å². The molecule has 0 aliphatic heterocycles. The van der Waals surface area contributed by atoms with Crippen LogP contribution in [0.1, 0.15) is 22.5 Å². The van der Waals surface area contributed by atoms with Gasteiger partial charge in [-0.1, -0.05) is 36.4 Å². The van der Waals surface area contributed by atoms with Gasteiger partial charge in [-0.15, -0.1) is 11.3 Å². The lowest BCUT2D eigenvalue weighted by Crippen LogP contribution is -2.25. The van der Waals surface area contributed by atoms with Crippen LogP contribution in [0.25, 0.3) is 10.6 Å². The number of carbonyl (C=O) groups excluding carboxylic acids is 1. The number of carbonyl (C=O) groups is 1. The molecular formula is C17H16N2O2S. The number of benzene rings is 1. The van der Waals surface area contributed by atoms with E-state index in [1.807, 2.05) is 35.7 Å². The molecule has 0 aliphatic carbocycles. The quantitative estimate of drug-likeness (QED) is 0.705. The van der Waals surface area contributed by atoms with Crippen LogP contribution in [-0.2, 0) is 6.42 Å². The Labute approximate surface area is 132 Å². The number of rotatable bonds is 6. The van der Waals surface area contributed by atoms with Crippen molar-refractivity contribution in [3.63, 3.8) is 0 Å². The Bertz CT molecular complexity index is 720. The first-order valence-corrected chi connectivity index (χ1v) is 8.02. The highest BCUT2D eigenvalue weighted by Crippen LogP contribution is 2.27. The van der Waals surface area contributed by atoms with Crippen LogP contribution in [-0.4, -0.2) is 17.4 Å². The predicted octanol–water partition coefficient (Wildman–Crippen LogP) is 3.77. The number of aromatic nitrogens is 1. The molecule has 3 aromatic rings. The molecule has 0 radical (unpaired) electrons.